The number of methoxy groups -OCH3 is 1. The van der Waals surface area contributed by atoms with Crippen LogP contribution >= 0.6 is 0 Å². The zero-order valence-electron chi connectivity index (χ0n) is 16.6. The monoisotopic (exact) mass is 445 g/mol. The third kappa shape index (κ3) is 6.21. The Hall–Kier alpha value is -2.11. The summed E-state index contributed by atoms with van der Waals surface area (Å²) in [6, 6.07) is 15.0. The lowest BCUT2D eigenvalue weighted by molar-refractivity contribution is -0.897. The summed E-state index contributed by atoms with van der Waals surface area (Å²) < 4.78 is 12.1. The number of nitrogens with zero attached hydrogens (tertiary/aromatic N) is 1. The van der Waals surface area contributed by atoms with E-state index in [-0.39, 0.29) is 22.8 Å². The van der Waals surface area contributed by atoms with Gasteiger partial charge in [0, 0.05) is 18.4 Å². The number of ether oxygens (including phenoxy) is 2. The van der Waals surface area contributed by atoms with E-state index in [1.54, 1.807) is 13.2 Å². The Balaban J connectivity index is 0.00000280. The molecule has 1 fully saturated rings. The Morgan fingerprint density at radius 3 is 2.21 bits per heavy atom. The number of allylic oxidation sites excluding steroid dienone is 1. The van der Waals surface area contributed by atoms with E-state index in [1.165, 1.54) is 25.9 Å². The smallest absolute Gasteiger partial charge is 0.185 e. The second kappa shape index (κ2) is 10.4. The minimum atomic E-state index is -0.0208. The Labute approximate surface area is 178 Å². The summed E-state index contributed by atoms with van der Waals surface area (Å²) >= 11 is 0. The zero-order valence-corrected chi connectivity index (χ0v) is 18.2. The number of carbonyl (C=O) groups is 1. The highest BCUT2D eigenvalue weighted by Gasteiger charge is 2.26. The van der Waals surface area contributed by atoms with E-state index in [4.69, 9.17) is 9.47 Å². The van der Waals surface area contributed by atoms with E-state index >= 15 is 0 Å². The Morgan fingerprint density at radius 1 is 1.00 bits per heavy atom. The van der Waals surface area contributed by atoms with Gasteiger partial charge in [-0.05, 0) is 48.0 Å². The fourth-order valence-electron chi connectivity index (χ4n) is 3.40. The summed E-state index contributed by atoms with van der Waals surface area (Å²) in [5, 5.41) is 0. The van der Waals surface area contributed by atoms with Gasteiger partial charge in [0.2, 0.25) is 0 Å². The number of hydrogen-bond acceptors (Lipinski definition) is 3. The third-order valence-corrected chi connectivity index (χ3v) is 5.23. The molecule has 5 heteroatoms. The summed E-state index contributed by atoms with van der Waals surface area (Å²) in [5.41, 5.74) is 1.62. The van der Waals surface area contributed by atoms with Crippen LogP contribution in [0.15, 0.2) is 54.6 Å². The number of benzene rings is 2. The molecule has 3 rings (SSSR count). The Kier molecular flexibility index (Phi) is 8.27. The molecule has 0 aliphatic carbocycles. The molecular formula is C23H28BrNO3. The van der Waals surface area contributed by atoms with Crippen molar-refractivity contribution in [3.05, 3.63) is 65.7 Å². The quantitative estimate of drug-likeness (QED) is 0.348. The number of carbonyl (C=O) groups excluding carboxylic acids is 1. The number of likely N-dealkylation sites (tertiary alicyclic amines) is 1. The van der Waals surface area contributed by atoms with E-state index < -0.39 is 0 Å². The largest absolute Gasteiger partial charge is 1.00 e. The first-order valence-electron chi connectivity index (χ1n) is 9.51. The van der Waals surface area contributed by atoms with Gasteiger partial charge in [0.05, 0.1) is 27.2 Å². The van der Waals surface area contributed by atoms with Gasteiger partial charge in [0.1, 0.15) is 24.7 Å². The molecule has 1 aliphatic heterocycles. The molecule has 2 aromatic carbocycles. The van der Waals surface area contributed by atoms with Gasteiger partial charge >= 0.3 is 0 Å². The topological polar surface area (TPSA) is 35.5 Å². The number of likely N-dealkylation sites (N-methyl/N-ethyl adjacent to an activating group) is 1. The number of quaternary nitrogens is 1. The predicted octanol–water partition coefficient (Wildman–Crippen LogP) is 1.21. The molecule has 1 aliphatic rings. The maximum atomic E-state index is 12.3. The Morgan fingerprint density at radius 2 is 1.61 bits per heavy atom. The fourth-order valence-corrected chi connectivity index (χ4v) is 3.40. The number of ketones is 1. The minimum absolute atomic E-state index is 0. The molecule has 2 aromatic rings. The molecule has 1 heterocycles. The molecule has 28 heavy (non-hydrogen) atoms. The van der Waals surface area contributed by atoms with Crippen molar-refractivity contribution < 1.29 is 35.7 Å². The van der Waals surface area contributed by atoms with Crippen LogP contribution in [0, 0.1) is 0 Å². The van der Waals surface area contributed by atoms with Crippen molar-refractivity contribution in [1.29, 1.82) is 0 Å². The number of rotatable bonds is 8. The van der Waals surface area contributed by atoms with E-state index in [0.717, 1.165) is 28.1 Å². The first kappa shape index (κ1) is 22.2. The van der Waals surface area contributed by atoms with Crippen molar-refractivity contribution >= 4 is 11.9 Å². The average Bonchev–Trinajstić information content (AvgIpc) is 3.13. The summed E-state index contributed by atoms with van der Waals surface area (Å²) in [5.74, 6) is 1.60. The standard InChI is InChI=1S/C23H28NO3.BrH/c1-24(15-3-4-16-24)17-18-27-22-12-8-20(9-13-22)23(25)14-7-19-5-10-21(26-2)11-6-19;/h5-14H,3-4,15-18H2,1-2H3;1H/q+1;/p-1/b14-7+;. The van der Waals surface area contributed by atoms with Gasteiger partial charge in [-0.25, -0.2) is 0 Å². The molecule has 0 aromatic heterocycles. The number of hydrogen-bond donors (Lipinski definition) is 0. The SMILES string of the molecule is COc1ccc(/C=C/C(=O)c2ccc(OCC[N+]3(C)CCCC3)cc2)cc1.[Br-]. The highest BCUT2D eigenvalue weighted by atomic mass is 79.9. The molecule has 0 spiro atoms. The first-order valence-corrected chi connectivity index (χ1v) is 9.51. The maximum Gasteiger partial charge on any atom is 0.185 e. The summed E-state index contributed by atoms with van der Waals surface area (Å²) in [6.45, 7) is 4.24. The van der Waals surface area contributed by atoms with Crippen LogP contribution in [0.5, 0.6) is 11.5 Å². The molecule has 1 saturated heterocycles. The molecule has 150 valence electrons. The lowest BCUT2D eigenvalue weighted by Crippen LogP contribution is -3.00. The van der Waals surface area contributed by atoms with Crippen LogP contribution in [0.4, 0.5) is 0 Å². The lowest BCUT2D eigenvalue weighted by Gasteiger charge is -2.28. The van der Waals surface area contributed by atoms with Crippen molar-refractivity contribution in [1.82, 2.24) is 0 Å². The Bertz CT molecular complexity index is 778. The van der Waals surface area contributed by atoms with Crippen LogP contribution in [0.25, 0.3) is 6.08 Å². The predicted molar refractivity (Wildman–Crippen MR) is 108 cm³/mol. The molecule has 0 unspecified atom stereocenters. The van der Waals surface area contributed by atoms with Crippen LogP contribution in [0.2, 0.25) is 0 Å². The van der Waals surface area contributed by atoms with E-state index in [1.807, 2.05) is 54.6 Å². The van der Waals surface area contributed by atoms with Crippen LogP contribution in [0.3, 0.4) is 0 Å². The average molecular weight is 446 g/mol. The van der Waals surface area contributed by atoms with Crippen molar-refractivity contribution in [3.63, 3.8) is 0 Å². The molecule has 0 N–H and O–H groups in total. The number of halogens is 1. The molecule has 0 radical (unpaired) electrons. The van der Waals surface area contributed by atoms with Crippen LogP contribution in [0.1, 0.15) is 28.8 Å². The summed E-state index contributed by atoms with van der Waals surface area (Å²) in [6.07, 6.45) is 6.04. The first-order chi connectivity index (χ1) is 13.1. The molecule has 0 bridgehead atoms. The van der Waals surface area contributed by atoms with E-state index in [2.05, 4.69) is 7.05 Å². The van der Waals surface area contributed by atoms with Gasteiger partial charge < -0.3 is 30.9 Å². The van der Waals surface area contributed by atoms with E-state index in [0.29, 0.717) is 12.2 Å². The van der Waals surface area contributed by atoms with Gasteiger partial charge in [-0.3, -0.25) is 4.79 Å². The van der Waals surface area contributed by atoms with Gasteiger partial charge in [0.15, 0.2) is 5.78 Å². The summed E-state index contributed by atoms with van der Waals surface area (Å²) in [4.78, 5) is 12.3. The van der Waals surface area contributed by atoms with Gasteiger partial charge in [-0.1, -0.05) is 18.2 Å². The highest BCUT2D eigenvalue weighted by molar-refractivity contribution is 6.06. The lowest BCUT2D eigenvalue weighted by atomic mass is 10.1. The van der Waals surface area contributed by atoms with Crippen molar-refractivity contribution in [2.75, 3.05) is 40.4 Å². The van der Waals surface area contributed by atoms with Crippen molar-refractivity contribution in [2.45, 2.75) is 12.8 Å². The maximum absolute atomic E-state index is 12.3. The molecule has 4 nitrogen and oxygen atoms in total. The third-order valence-electron chi connectivity index (χ3n) is 5.23. The fraction of sp³-hybridized carbons (Fsp3) is 0.348. The second-order valence-electron chi connectivity index (χ2n) is 7.34. The second-order valence-corrected chi connectivity index (χ2v) is 7.34. The van der Waals surface area contributed by atoms with Crippen LogP contribution in [-0.4, -0.2) is 50.7 Å². The van der Waals surface area contributed by atoms with E-state index in [9.17, 15) is 4.79 Å². The van der Waals surface area contributed by atoms with Crippen LogP contribution < -0.4 is 26.5 Å². The molecular weight excluding hydrogens is 418 g/mol. The van der Waals surface area contributed by atoms with Gasteiger partial charge in [0.25, 0.3) is 0 Å². The molecule has 0 atom stereocenters. The summed E-state index contributed by atoms with van der Waals surface area (Å²) in [7, 11) is 3.93. The minimum Gasteiger partial charge on any atom is -1.00 e. The van der Waals surface area contributed by atoms with Crippen LogP contribution in [-0.2, 0) is 0 Å². The normalized spacial score (nSPS) is 15.2. The van der Waals surface area contributed by atoms with Crippen molar-refractivity contribution in [2.24, 2.45) is 0 Å². The van der Waals surface area contributed by atoms with Crippen molar-refractivity contribution in [3.8, 4) is 11.5 Å². The van der Waals surface area contributed by atoms with Gasteiger partial charge in [-0.2, -0.15) is 0 Å². The highest BCUT2D eigenvalue weighted by Crippen LogP contribution is 2.18. The molecule has 0 amide bonds. The molecule has 0 saturated carbocycles. The van der Waals surface area contributed by atoms with Gasteiger partial charge in [-0.15, -0.1) is 0 Å². The zero-order chi connectivity index (χ0) is 19.1.